The monoisotopic (exact) mass is 228 g/mol. The third-order valence-corrected chi connectivity index (χ3v) is 3.52. The SMILES string of the molecule is O=P(O)(O)C1CCCCC1.[Zn]. The zero-order chi connectivity index (χ0) is 7.61. The van der Waals surface area contributed by atoms with Crippen LogP contribution in [0, 0.1) is 0 Å². The van der Waals surface area contributed by atoms with E-state index in [1.165, 1.54) is 0 Å². The van der Waals surface area contributed by atoms with Gasteiger partial charge >= 0.3 is 7.60 Å². The Balaban J connectivity index is 0.000001000. The number of hydrogen-bond donors (Lipinski definition) is 2. The van der Waals surface area contributed by atoms with Gasteiger partial charge in [-0.3, -0.25) is 4.57 Å². The molecule has 1 rings (SSSR count). The summed E-state index contributed by atoms with van der Waals surface area (Å²) in [5.41, 5.74) is -0.332. The molecule has 0 aliphatic heterocycles. The van der Waals surface area contributed by atoms with E-state index in [1.807, 2.05) is 0 Å². The molecule has 1 saturated carbocycles. The molecule has 0 aromatic heterocycles. The Morgan fingerprint density at radius 3 is 1.82 bits per heavy atom. The Bertz CT molecular complexity index is 150. The van der Waals surface area contributed by atoms with Gasteiger partial charge in [-0.15, -0.1) is 0 Å². The maximum absolute atomic E-state index is 10.7. The molecule has 2 N–H and O–H groups in total. The van der Waals surface area contributed by atoms with Crippen molar-refractivity contribution in [3.63, 3.8) is 0 Å². The number of hydrogen-bond acceptors (Lipinski definition) is 1. The minimum absolute atomic E-state index is 0. The van der Waals surface area contributed by atoms with Crippen LogP contribution in [0.2, 0.25) is 0 Å². The average molecular weight is 230 g/mol. The first-order chi connectivity index (χ1) is 4.61. The summed E-state index contributed by atoms with van der Waals surface area (Å²) in [6.07, 6.45) is 4.52. The molecule has 1 aliphatic carbocycles. The maximum atomic E-state index is 10.7. The Hall–Kier alpha value is 0.773. The van der Waals surface area contributed by atoms with Gasteiger partial charge < -0.3 is 9.79 Å². The first-order valence-corrected chi connectivity index (χ1v) is 5.34. The van der Waals surface area contributed by atoms with Crippen LogP contribution in [-0.2, 0) is 24.0 Å². The van der Waals surface area contributed by atoms with Gasteiger partial charge in [-0.05, 0) is 12.8 Å². The molecule has 0 amide bonds. The van der Waals surface area contributed by atoms with Crippen LogP contribution in [0.3, 0.4) is 0 Å². The Morgan fingerprint density at radius 2 is 1.55 bits per heavy atom. The van der Waals surface area contributed by atoms with Crippen LogP contribution in [0.15, 0.2) is 0 Å². The molecular formula is C6H13O3PZn. The van der Waals surface area contributed by atoms with E-state index in [-0.39, 0.29) is 25.1 Å². The standard InChI is InChI=1S/C6H13O3P.Zn/c7-10(8,9)6-4-2-1-3-5-6;/h6H,1-5H2,(H2,7,8,9);. The molecule has 0 atom stereocenters. The fourth-order valence-corrected chi connectivity index (χ4v) is 2.46. The van der Waals surface area contributed by atoms with Crippen LogP contribution in [0.4, 0.5) is 0 Å². The van der Waals surface area contributed by atoms with Gasteiger partial charge in [0.1, 0.15) is 0 Å². The Kier molecular flexibility index (Phi) is 5.05. The molecule has 0 saturated heterocycles. The normalized spacial score (nSPS) is 20.9. The zero-order valence-electron chi connectivity index (χ0n) is 6.57. The third-order valence-electron chi connectivity index (χ3n) is 2.05. The minimum atomic E-state index is -3.74. The topological polar surface area (TPSA) is 57.5 Å². The molecule has 3 nitrogen and oxygen atoms in total. The van der Waals surface area contributed by atoms with Gasteiger partial charge in [0.05, 0.1) is 5.66 Å². The van der Waals surface area contributed by atoms with Crippen molar-refractivity contribution >= 4 is 7.60 Å². The molecule has 0 radical (unpaired) electrons. The van der Waals surface area contributed by atoms with E-state index >= 15 is 0 Å². The van der Waals surface area contributed by atoms with Crippen LogP contribution in [0.25, 0.3) is 0 Å². The average Bonchev–Trinajstić information content (AvgIpc) is 1.88. The van der Waals surface area contributed by atoms with Crippen molar-refractivity contribution in [1.82, 2.24) is 0 Å². The maximum Gasteiger partial charge on any atom is 0.328 e. The summed E-state index contributed by atoms with van der Waals surface area (Å²) in [5.74, 6) is 0. The van der Waals surface area contributed by atoms with Crippen molar-refractivity contribution in [2.45, 2.75) is 37.8 Å². The van der Waals surface area contributed by atoms with E-state index in [0.29, 0.717) is 12.8 Å². The van der Waals surface area contributed by atoms with Crippen molar-refractivity contribution in [2.24, 2.45) is 0 Å². The fraction of sp³-hybridized carbons (Fsp3) is 1.00. The summed E-state index contributed by atoms with van der Waals surface area (Å²) >= 11 is 0. The van der Waals surface area contributed by atoms with Crippen LogP contribution in [0.1, 0.15) is 32.1 Å². The van der Waals surface area contributed by atoms with Gasteiger partial charge in [-0.1, -0.05) is 19.3 Å². The number of rotatable bonds is 1. The molecule has 0 bridgehead atoms. The summed E-state index contributed by atoms with van der Waals surface area (Å²) in [7, 11) is -3.74. The van der Waals surface area contributed by atoms with E-state index in [9.17, 15) is 4.57 Å². The van der Waals surface area contributed by atoms with E-state index in [2.05, 4.69) is 0 Å². The van der Waals surface area contributed by atoms with Crippen LogP contribution >= 0.6 is 7.60 Å². The minimum Gasteiger partial charge on any atom is -0.324 e. The first kappa shape index (κ1) is 11.8. The molecule has 1 fully saturated rings. The van der Waals surface area contributed by atoms with Crippen molar-refractivity contribution in [2.75, 3.05) is 0 Å². The van der Waals surface area contributed by atoms with Gasteiger partial charge in [-0.2, -0.15) is 0 Å². The molecule has 0 unspecified atom stereocenters. The smallest absolute Gasteiger partial charge is 0.324 e. The van der Waals surface area contributed by atoms with Crippen LogP contribution < -0.4 is 0 Å². The summed E-state index contributed by atoms with van der Waals surface area (Å²) in [6, 6.07) is 0. The van der Waals surface area contributed by atoms with E-state index in [0.717, 1.165) is 19.3 Å². The summed E-state index contributed by atoms with van der Waals surface area (Å²) < 4.78 is 10.7. The van der Waals surface area contributed by atoms with Gasteiger partial charge in [0.25, 0.3) is 0 Å². The molecule has 11 heavy (non-hydrogen) atoms. The van der Waals surface area contributed by atoms with E-state index < -0.39 is 7.60 Å². The second-order valence-electron chi connectivity index (χ2n) is 2.88. The summed E-state index contributed by atoms with van der Waals surface area (Å²) in [4.78, 5) is 17.5. The zero-order valence-corrected chi connectivity index (χ0v) is 10.4. The van der Waals surface area contributed by atoms with E-state index in [1.54, 1.807) is 0 Å². The second kappa shape index (κ2) is 4.71. The predicted molar refractivity (Wildman–Crippen MR) is 38.9 cm³/mol. The van der Waals surface area contributed by atoms with Crippen LogP contribution in [-0.4, -0.2) is 15.4 Å². The van der Waals surface area contributed by atoms with E-state index in [4.69, 9.17) is 9.79 Å². The molecule has 0 spiro atoms. The van der Waals surface area contributed by atoms with Gasteiger partial charge in [0, 0.05) is 19.5 Å². The van der Waals surface area contributed by atoms with Crippen molar-refractivity contribution in [1.29, 1.82) is 0 Å². The quantitative estimate of drug-likeness (QED) is 0.529. The molecule has 5 heteroatoms. The molecular weight excluding hydrogens is 216 g/mol. The van der Waals surface area contributed by atoms with Crippen molar-refractivity contribution in [3.05, 3.63) is 0 Å². The van der Waals surface area contributed by atoms with Crippen LogP contribution in [0.5, 0.6) is 0 Å². The largest absolute Gasteiger partial charge is 0.328 e. The second-order valence-corrected chi connectivity index (χ2v) is 4.79. The summed E-state index contributed by atoms with van der Waals surface area (Å²) in [5, 5.41) is 0. The van der Waals surface area contributed by atoms with Crippen molar-refractivity contribution in [3.8, 4) is 0 Å². The molecule has 62 valence electrons. The summed E-state index contributed by atoms with van der Waals surface area (Å²) in [6.45, 7) is 0. The van der Waals surface area contributed by atoms with Gasteiger partial charge in [-0.25, -0.2) is 0 Å². The van der Waals surface area contributed by atoms with Crippen molar-refractivity contribution < 1.29 is 33.8 Å². The third kappa shape index (κ3) is 3.80. The van der Waals surface area contributed by atoms with Gasteiger partial charge in [0.15, 0.2) is 0 Å². The first-order valence-electron chi connectivity index (χ1n) is 3.66. The molecule has 1 aliphatic rings. The molecule has 0 aromatic rings. The Morgan fingerprint density at radius 1 is 1.09 bits per heavy atom. The molecule has 0 heterocycles. The Labute approximate surface area is 79.5 Å². The van der Waals surface area contributed by atoms with Gasteiger partial charge in [0.2, 0.25) is 0 Å². The predicted octanol–water partition coefficient (Wildman–Crippen LogP) is 1.49. The fourth-order valence-electron chi connectivity index (χ4n) is 1.42. The molecule has 0 aromatic carbocycles.